The summed E-state index contributed by atoms with van der Waals surface area (Å²) >= 11 is 0. The molecule has 2 amide bonds. The molecule has 0 N–H and O–H groups in total. The minimum absolute atomic E-state index is 0.0620. The third-order valence-electron chi connectivity index (χ3n) is 5.16. The Morgan fingerprint density at radius 2 is 2.04 bits per heavy atom. The van der Waals surface area contributed by atoms with Gasteiger partial charge in [0.15, 0.2) is 5.82 Å². The van der Waals surface area contributed by atoms with Crippen molar-refractivity contribution in [3.8, 4) is 0 Å². The predicted octanol–water partition coefficient (Wildman–Crippen LogP) is 0.527. The molecule has 2 saturated heterocycles. The molecule has 0 bridgehead atoms. The van der Waals surface area contributed by atoms with Gasteiger partial charge in [-0.05, 0) is 19.8 Å². The van der Waals surface area contributed by atoms with E-state index in [0.29, 0.717) is 32.2 Å². The van der Waals surface area contributed by atoms with E-state index in [1.807, 2.05) is 0 Å². The Balaban J connectivity index is 1.47. The molecule has 0 aromatic carbocycles. The van der Waals surface area contributed by atoms with Gasteiger partial charge in [0.2, 0.25) is 5.91 Å². The summed E-state index contributed by atoms with van der Waals surface area (Å²) in [6.07, 6.45) is 1.51. The Labute approximate surface area is 145 Å². The average molecular weight is 349 g/mol. The lowest BCUT2D eigenvalue weighted by Gasteiger charge is -2.34. The number of hydrogen-bond donors (Lipinski definition) is 0. The molecule has 1 aromatic rings. The van der Waals surface area contributed by atoms with Crippen molar-refractivity contribution in [3.63, 3.8) is 0 Å². The summed E-state index contributed by atoms with van der Waals surface area (Å²) < 4.78 is 12.5. The monoisotopic (exact) mass is 349 g/mol. The Kier molecular flexibility index (Phi) is 4.32. The van der Waals surface area contributed by atoms with Crippen molar-refractivity contribution in [2.24, 2.45) is 0 Å². The Hall–Kier alpha value is -2.16. The molecule has 9 heteroatoms. The molecule has 9 nitrogen and oxygen atoms in total. The van der Waals surface area contributed by atoms with Crippen molar-refractivity contribution in [1.29, 1.82) is 0 Å². The second kappa shape index (κ2) is 6.62. The molecule has 136 valence electrons. The Bertz CT molecular complexity index is 669. The molecule has 1 aromatic heterocycles. The van der Waals surface area contributed by atoms with Crippen LogP contribution in [0, 0.1) is 0 Å². The molecule has 2 fully saturated rings. The lowest BCUT2D eigenvalue weighted by molar-refractivity contribution is -0.133. The van der Waals surface area contributed by atoms with E-state index in [-0.39, 0.29) is 18.5 Å². The van der Waals surface area contributed by atoms with Gasteiger partial charge < -0.3 is 18.9 Å². The molecule has 0 spiro atoms. The smallest absolute Gasteiger partial charge is 0.410 e. The first-order chi connectivity index (χ1) is 12.1. The Morgan fingerprint density at radius 3 is 2.76 bits per heavy atom. The van der Waals surface area contributed by atoms with Crippen LogP contribution < -0.4 is 0 Å². The van der Waals surface area contributed by atoms with E-state index in [1.165, 1.54) is 4.90 Å². The van der Waals surface area contributed by atoms with Crippen LogP contribution in [-0.4, -0.2) is 76.0 Å². The van der Waals surface area contributed by atoms with Gasteiger partial charge in [-0.2, -0.15) is 0 Å². The highest BCUT2D eigenvalue weighted by molar-refractivity contribution is 5.83. The van der Waals surface area contributed by atoms with Crippen LogP contribution in [0.15, 0.2) is 0 Å². The van der Waals surface area contributed by atoms with Crippen molar-refractivity contribution < 1.29 is 19.1 Å². The summed E-state index contributed by atoms with van der Waals surface area (Å²) in [4.78, 5) is 27.3. The topological polar surface area (TPSA) is 89.8 Å². The van der Waals surface area contributed by atoms with Gasteiger partial charge >= 0.3 is 6.09 Å². The number of carbonyl (C=O) groups excluding carboxylic acids is 2. The van der Waals surface area contributed by atoms with E-state index in [9.17, 15) is 9.59 Å². The molecule has 4 rings (SSSR count). The van der Waals surface area contributed by atoms with Crippen LogP contribution in [0.25, 0.3) is 0 Å². The van der Waals surface area contributed by atoms with E-state index < -0.39 is 6.09 Å². The van der Waals surface area contributed by atoms with Crippen molar-refractivity contribution in [1.82, 2.24) is 24.6 Å². The highest BCUT2D eigenvalue weighted by atomic mass is 16.6. The maximum atomic E-state index is 12.6. The van der Waals surface area contributed by atoms with Crippen LogP contribution >= 0.6 is 0 Å². The fourth-order valence-corrected chi connectivity index (χ4v) is 3.82. The number of ether oxygens (including phenoxy) is 2. The first kappa shape index (κ1) is 16.3. The van der Waals surface area contributed by atoms with Crippen LogP contribution in [0.1, 0.15) is 43.4 Å². The molecular formula is C16H23N5O4. The van der Waals surface area contributed by atoms with Crippen molar-refractivity contribution in [3.05, 3.63) is 11.6 Å². The summed E-state index contributed by atoms with van der Waals surface area (Å²) in [5.41, 5.74) is 0. The SMILES string of the molecule is C[C@H]1CN(C(=O)CN2CCOC2=O)Cc2nnc(C3CCOCC3)n21. The minimum Gasteiger partial charge on any atom is -0.448 e. The summed E-state index contributed by atoms with van der Waals surface area (Å²) in [5, 5.41) is 8.75. The van der Waals surface area contributed by atoms with Crippen LogP contribution in [0.2, 0.25) is 0 Å². The van der Waals surface area contributed by atoms with Gasteiger partial charge in [0.1, 0.15) is 19.0 Å². The van der Waals surface area contributed by atoms with Gasteiger partial charge in [-0.15, -0.1) is 10.2 Å². The second-order valence-electron chi connectivity index (χ2n) is 6.89. The molecule has 0 radical (unpaired) electrons. The number of nitrogens with zero attached hydrogens (tertiary/aromatic N) is 5. The zero-order valence-corrected chi connectivity index (χ0v) is 14.4. The first-order valence-electron chi connectivity index (χ1n) is 8.84. The highest BCUT2D eigenvalue weighted by Gasteiger charge is 2.34. The van der Waals surface area contributed by atoms with Gasteiger partial charge in [0, 0.05) is 25.7 Å². The summed E-state index contributed by atoms with van der Waals surface area (Å²) in [6, 6.07) is 0.117. The summed E-state index contributed by atoms with van der Waals surface area (Å²) in [6.45, 7) is 5.52. The van der Waals surface area contributed by atoms with Crippen LogP contribution in [0.4, 0.5) is 4.79 Å². The molecule has 0 saturated carbocycles. The third-order valence-corrected chi connectivity index (χ3v) is 5.16. The molecule has 4 heterocycles. The number of aromatic nitrogens is 3. The van der Waals surface area contributed by atoms with E-state index in [2.05, 4.69) is 21.7 Å². The van der Waals surface area contributed by atoms with Crippen molar-refractivity contribution >= 4 is 12.0 Å². The van der Waals surface area contributed by atoms with E-state index in [0.717, 1.165) is 37.7 Å². The van der Waals surface area contributed by atoms with Crippen LogP contribution in [-0.2, 0) is 20.8 Å². The lowest BCUT2D eigenvalue weighted by atomic mass is 9.99. The number of cyclic esters (lactones) is 1. The minimum atomic E-state index is -0.414. The second-order valence-corrected chi connectivity index (χ2v) is 6.89. The number of fused-ring (bicyclic) bond motifs is 1. The van der Waals surface area contributed by atoms with Crippen LogP contribution in [0.5, 0.6) is 0 Å². The maximum absolute atomic E-state index is 12.6. The third kappa shape index (κ3) is 3.08. The quantitative estimate of drug-likeness (QED) is 0.791. The number of amides is 2. The first-order valence-corrected chi connectivity index (χ1v) is 8.84. The molecule has 0 aliphatic carbocycles. The van der Waals surface area contributed by atoms with Gasteiger partial charge in [-0.1, -0.05) is 0 Å². The number of hydrogen-bond acceptors (Lipinski definition) is 6. The van der Waals surface area contributed by atoms with E-state index in [1.54, 1.807) is 4.90 Å². The highest BCUT2D eigenvalue weighted by Crippen LogP contribution is 2.30. The predicted molar refractivity (Wildman–Crippen MR) is 85.9 cm³/mol. The van der Waals surface area contributed by atoms with Gasteiger partial charge in [-0.3, -0.25) is 9.69 Å². The fourth-order valence-electron chi connectivity index (χ4n) is 3.82. The largest absolute Gasteiger partial charge is 0.448 e. The zero-order valence-electron chi connectivity index (χ0n) is 14.4. The van der Waals surface area contributed by atoms with E-state index >= 15 is 0 Å². The number of carbonyl (C=O) groups is 2. The molecule has 1 atom stereocenters. The molecular weight excluding hydrogens is 326 g/mol. The molecule has 3 aliphatic rings. The summed E-state index contributed by atoms with van der Waals surface area (Å²) in [7, 11) is 0. The van der Waals surface area contributed by atoms with Crippen molar-refractivity contribution in [2.75, 3.05) is 39.5 Å². The van der Waals surface area contributed by atoms with Gasteiger partial charge in [-0.25, -0.2) is 4.79 Å². The van der Waals surface area contributed by atoms with Crippen molar-refractivity contribution in [2.45, 2.75) is 38.3 Å². The Morgan fingerprint density at radius 1 is 1.24 bits per heavy atom. The average Bonchev–Trinajstić information content (AvgIpc) is 3.22. The molecule has 25 heavy (non-hydrogen) atoms. The zero-order chi connectivity index (χ0) is 17.4. The molecule has 0 unspecified atom stereocenters. The van der Waals surface area contributed by atoms with Gasteiger partial charge in [0.25, 0.3) is 0 Å². The lowest BCUT2D eigenvalue weighted by Crippen LogP contribution is -2.45. The van der Waals surface area contributed by atoms with Gasteiger partial charge in [0.05, 0.1) is 19.1 Å². The van der Waals surface area contributed by atoms with Crippen LogP contribution in [0.3, 0.4) is 0 Å². The fraction of sp³-hybridized carbons (Fsp3) is 0.750. The normalized spacial score (nSPS) is 24.4. The number of rotatable bonds is 3. The molecule has 3 aliphatic heterocycles. The van der Waals surface area contributed by atoms with E-state index in [4.69, 9.17) is 9.47 Å². The standard InChI is InChI=1S/C16H23N5O4/c1-11-8-20(14(22)10-19-4-7-25-16(19)23)9-13-17-18-15(21(11)13)12-2-5-24-6-3-12/h11-12H,2-10H2,1H3/t11-/m0/s1. The maximum Gasteiger partial charge on any atom is 0.410 e. The summed E-state index contributed by atoms with van der Waals surface area (Å²) in [5.74, 6) is 2.13.